The molecule has 1 fully saturated rings. The van der Waals surface area contributed by atoms with Crippen LogP contribution in [0.25, 0.3) is 10.9 Å². The van der Waals surface area contributed by atoms with Crippen LogP contribution in [0.1, 0.15) is 58.3 Å². The first-order chi connectivity index (χ1) is 18.3. The predicted octanol–water partition coefficient (Wildman–Crippen LogP) is 3.74. The molecule has 0 bridgehead atoms. The molecule has 2 aromatic heterocycles. The topological polar surface area (TPSA) is 108 Å². The Balaban J connectivity index is 0.000000221. The quantitative estimate of drug-likeness (QED) is 0.443. The molecule has 1 amide bonds. The summed E-state index contributed by atoms with van der Waals surface area (Å²) in [6, 6.07) is 5.01. The number of hydrogen-bond acceptors (Lipinski definition) is 6. The third kappa shape index (κ3) is 6.99. The molecule has 4 rings (SSSR count). The lowest BCUT2D eigenvalue weighted by atomic mass is 9.85. The minimum absolute atomic E-state index is 0.0514. The van der Waals surface area contributed by atoms with Crippen molar-refractivity contribution in [2.24, 2.45) is 20.0 Å². The smallest absolute Gasteiger partial charge is 0.330 e. The van der Waals surface area contributed by atoms with Gasteiger partial charge in [-0.2, -0.15) is 0 Å². The zero-order valence-corrected chi connectivity index (χ0v) is 22.9. The summed E-state index contributed by atoms with van der Waals surface area (Å²) in [5.74, 6) is 1.27. The number of carbonyl (C=O) groups excluding carboxylic acids is 2. The Bertz CT molecular complexity index is 1340. The second kappa shape index (κ2) is 13.7. The molecule has 206 valence electrons. The van der Waals surface area contributed by atoms with Gasteiger partial charge in [-0.05, 0) is 43.9 Å². The third-order valence-corrected chi connectivity index (χ3v) is 7.08. The van der Waals surface area contributed by atoms with Gasteiger partial charge in [-0.25, -0.2) is 14.6 Å². The van der Waals surface area contributed by atoms with Crippen LogP contribution in [0.2, 0.25) is 0 Å². The van der Waals surface area contributed by atoms with Crippen LogP contribution in [0.15, 0.2) is 46.5 Å². The number of methoxy groups -OCH3 is 1. The number of benzene rings is 1. The molecule has 2 heterocycles. The number of amides is 1. The fourth-order valence-electron chi connectivity index (χ4n) is 4.88. The molecule has 1 aliphatic rings. The van der Waals surface area contributed by atoms with E-state index in [0.29, 0.717) is 41.9 Å². The maximum absolute atomic E-state index is 12.3. The van der Waals surface area contributed by atoms with Crippen molar-refractivity contribution in [3.05, 3.63) is 57.8 Å². The van der Waals surface area contributed by atoms with Gasteiger partial charge in [-0.15, -0.1) is 0 Å². The van der Waals surface area contributed by atoms with Crippen LogP contribution < -0.4 is 16.0 Å². The molecule has 0 spiro atoms. The van der Waals surface area contributed by atoms with E-state index in [1.165, 1.54) is 48.9 Å². The van der Waals surface area contributed by atoms with Crippen LogP contribution in [0.5, 0.6) is 5.75 Å². The van der Waals surface area contributed by atoms with E-state index in [1.54, 1.807) is 37.6 Å². The summed E-state index contributed by atoms with van der Waals surface area (Å²) in [5, 5.41) is 0.476. The van der Waals surface area contributed by atoms with Crippen molar-refractivity contribution in [3.8, 4) is 5.75 Å². The number of ether oxygens (including phenoxy) is 1. The van der Waals surface area contributed by atoms with E-state index < -0.39 is 0 Å². The zero-order chi connectivity index (χ0) is 27.7. The number of ketones is 1. The van der Waals surface area contributed by atoms with E-state index in [0.717, 1.165) is 30.3 Å². The number of Topliss-reactive ketones (excluding diaryl/α,β-unsaturated/α-hetero) is 1. The van der Waals surface area contributed by atoms with Crippen molar-refractivity contribution in [3.63, 3.8) is 0 Å². The molecule has 1 saturated carbocycles. The average Bonchev–Trinajstić information content (AvgIpc) is 3.49. The molecule has 0 N–H and O–H groups in total. The molecule has 10 nitrogen and oxygen atoms in total. The molecule has 0 radical (unpaired) electrons. The first-order valence-corrected chi connectivity index (χ1v) is 13.3. The lowest BCUT2D eigenvalue weighted by Gasteiger charge is -2.23. The summed E-state index contributed by atoms with van der Waals surface area (Å²) >= 11 is 0. The highest BCUT2D eigenvalue weighted by Gasteiger charge is 2.21. The minimum atomic E-state index is -0.331. The predicted molar refractivity (Wildman–Crippen MR) is 147 cm³/mol. The summed E-state index contributed by atoms with van der Waals surface area (Å²) in [6.07, 6.45) is 12.8. The zero-order valence-electron chi connectivity index (χ0n) is 22.9. The molecule has 3 aromatic rings. The number of aryl methyl sites for hydroxylation is 1. The molecule has 10 heteroatoms. The van der Waals surface area contributed by atoms with Gasteiger partial charge in [-0.3, -0.25) is 23.3 Å². The summed E-state index contributed by atoms with van der Waals surface area (Å²) in [4.78, 5) is 53.8. The fourth-order valence-corrected chi connectivity index (χ4v) is 4.88. The highest BCUT2D eigenvalue weighted by atomic mass is 16.5. The van der Waals surface area contributed by atoms with Crippen LogP contribution in [0.3, 0.4) is 0 Å². The molecule has 0 atom stereocenters. The minimum Gasteiger partial charge on any atom is -0.497 e. The molecular formula is C28H39N5O5. The second-order valence-electron chi connectivity index (χ2n) is 9.73. The Morgan fingerprint density at radius 3 is 2.45 bits per heavy atom. The molecule has 1 aromatic carbocycles. The van der Waals surface area contributed by atoms with Gasteiger partial charge in [0.15, 0.2) is 0 Å². The van der Waals surface area contributed by atoms with Crippen molar-refractivity contribution in [1.29, 1.82) is 0 Å². The number of fused-ring (bicyclic) bond motifs is 1. The first-order valence-electron chi connectivity index (χ1n) is 13.3. The summed E-state index contributed by atoms with van der Waals surface area (Å²) in [5.41, 5.74) is -0.0337. The molecular weight excluding hydrogens is 486 g/mol. The Morgan fingerprint density at radius 1 is 1.08 bits per heavy atom. The van der Waals surface area contributed by atoms with E-state index in [9.17, 15) is 19.2 Å². The summed E-state index contributed by atoms with van der Waals surface area (Å²) in [6.45, 7) is 3.42. The van der Waals surface area contributed by atoms with Gasteiger partial charge in [0.1, 0.15) is 17.9 Å². The van der Waals surface area contributed by atoms with Gasteiger partial charge in [-0.1, -0.05) is 26.2 Å². The Labute approximate surface area is 222 Å². The van der Waals surface area contributed by atoms with Crippen LogP contribution in [0.4, 0.5) is 4.79 Å². The third-order valence-electron chi connectivity index (χ3n) is 7.08. The van der Waals surface area contributed by atoms with Gasteiger partial charge in [0.05, 0.1) is 18.0 Å². The van der Waals surface area contributed by atoms with Crippen molar-refractivity contribution < 1.29 is 14.3 Å². The maximum Gasteiger partial charge on any atom is 0.330 e. The molecule has 0 saturated heterocycles. The van der Waals surface area contributed by atoms with Gasteiger partial charge in [0, 0.05) is 51.9 Å². The number of carbonyl (C=O) groups is 2. The van der Waals surface area contributed by atoms with Crippen molar-refractivity contribution in [2.75, 3.05) is 20.2 Å². The fraction of sp³-hybridized carbons (Fsp3) is 0.536. The van der Waals surface area contributed by atoms with Gasteiger partial charge >= 0.3 is 11.7 Å². The normalized spacial score (nSPS) is 13.6. The maximum atomic E-state index is 12.3. The number of hydrogen-bond donors (Lipinski definition) is 0. The lowest BCUT2D eigenvalue weighted by molar-refractivity contribution is -0.123. The SMILES string of the molecule is CCCN(CCCC(=O)C1CCCCC1)C(=O)n1ccnc1.COc1ccc2c(c1)c(=O)n(C)c(=O)n2C. The highest BCUT2D eigenvalue weighted by molar-refractivity contribution is 5.81. The van der Waals surface area contributed by atoms with Crippen molar-refractivity contribution in [2.45, 2.75) is 58.3 Å². The number of aromatic nitrogens is 4. The van der Waals surface area contributed by atoms with Gasteiger partial charge in [0.25, 0.3) is 5.56 Å². The van der Waals surface area contributed by atoms with Gasteiger partial charge < -0.3 is 9.64 Å². The lowest BCUT2D eigenvalue weighted by Crippen LogP contribution is -2.36. The number of rotatable bonds is 8. The van der Waals surface area contributed by atoms with Crippen molar-refractivity contribution in [1.82, 2.24) is 23.6 Å². The largest absolute Gasteiger partial charge is 0.497 e. The first kappa shape index (κ1) is 28.9. The van der Waals surface area contributed by atoms with E-state index in [2.05, 4.69) is 11.9 Å². The Morgan fingerprint density at radius 2 is 1.82 bits per heavy atom. The Kier molecular flexibility index (Phi) is 10.4. The van der Waals surface area contributed by atoms with E-state index in [4.69, 9.17) is 4.74 Å². The highest BCUT2D eigenvalue weighted by Crippen LogP contribution is 2.25. The van der Waals surface area contributed by atoms with E-state index in [1.807, 2.05) is 4.90 Å². The number of nitrogens with zero attached hydrogens (tertiary/aromatic N) is 5. The van der Waals surface area contributed by atoms with Gasteiger partial charge in [0.2, 0.25) is 0 Å². The van der Waals surface area contributed by atoms with Crippen LogP contribution in [0, 0.1) is 5.92 Å². The molecule has 38 heavy (non-hydrogen) atoms. The monoisotopic (exact) mass is 525 g/mol. The average molecular weight is 526 g/mol. The molecule has 1 aliphatic carbocycles. The second-order valence-corrected chi connectivity index (χ2v) is 9.73. The molecule has 0 aliphatic heterocycles. The standard InChI is InChI=1S/C17H27N3O2.C11H12N2O3/c1-2-11-19(17(22)20-13-10-18-14-20)12-6-9-16(21)15-7-4-3-5-8-15;1-12-9-5-4-7(16-3)6-8(9)10(14)13(2)11(12)15/h10,13-15H,2-9,11-12H2,1H3;4-6H,1-3H3. The van der Waals surface area contributed by atoms with Crippen LogP contribution >= 0.6 is 0 Å². The summed E-state index contributed by atoms with van der Waals surface area (Å²) < 4.78 is 9.08. The van der Waals surface area contributed by atoms with Crippen LogP contribution in [-0.2, 0) is 18.9 Å². The van der Waals surface area contributed by atoms with E-state index >= 15 is 0 Å². The number of imidazole rings is 1. The summed E-state index contributed by atoms with van der Waals surface area (Å²) in [7, 11) is 4.63. The molecule has 0 unspecified atom stereocenters. The Hall–Kier alpha value is -3.69. The van der Waals surface area contributed by atoms with Crippen LogP contribution in [-0.4, -0.2) is 55.6 Å². The van der Waals surface area contributed by atoms with E-state index in [-0.39, 0.29) is 23.2 Å². The van der Waals surface area contributed by atoms with Crippen molar-refractivity contribution >= 4 is 22.7 Å².